The standard InChI is InChI=1S/C13H18N2O/c1-3-14-9-13(16)15-10(2)8-11-6-4-5-7-12(11)15/h4-7,10,14H,3,8-9H2,1-2H3. The second-order valence-electron chi connectivity index (χ2n) is 4.23. The molecule has 0 spiro atoms. The summed E-state index contributed by atoms with van der Waals surface area (Å²) >= 11 is 0. The van der Waals surface area contributed by atoms with Crippen molar-refractivity contribution in [1.82, 2.24) is 5.32 Å². The molecule has 0 fully saturated rings. The van der Waals surface area contributed by atoms with Crippen molar-refractivity contribution in [3.05, 3.63) is 29.8 Å². The number of hydrogen-bond acceptors (Lipinski definition) is 2. The first kappa shape index (κ1) is 11.1. The van der Waals surface area contributed by atoms with Gasteiger partial charge in [0.25, 0.3) is 0 Å². The SMILES string of the molecule is CCNCC(=O)N1c2ccccc2CC1C. The van der Waals surface area contributed by atoms with Crippen LogP contribution in [0.25, 0.3) is 0 Å². The Hall–Kier alpha value is -1.35. The van der Waals surface area contributed by atoms with Crippen LogP contribution in [0.1, 0.15) is 19.4 Å². The van der Waals surface area contributed by atoms with Gasteiger partial charge in [-0.1, -0.05) is 25.1 Å². The van der Waals surface area contributed by atoms with E-state index in [4.69, 9.17) is 0 Å². The van der Waals surface area contributed by atoms with Crippen molar-refractivity contribution in [2.24, 2.45) is 0 Å². The molecule has 1 aliphatic rings. The largest absolute Gasteiger partial charge is 0.309 e. The third-order valence-corrected chi connectivity index (χ3v) is 3.00. The molecule has 1 unspecified atom stereocenters. The lowest BCUT2D eigenvalue weighted by molar-refractivity contribution is -0.118. The van der Waals surface area contributed by atoms with Gasteiger partial charge >= 0.3 is 0 Å². The number of benzene rings is 1. The van der Waals surface area contributed by atoms with Crippen molar-refractivity contribution < 1.29 is 4.79 Å². The minimum absolute atomic E-state index is 0.166. The molecular formula is C13H18N2O. The quantitative estimate of drug-likeness (QED) is 0.835. The molecule has 0 saturated heterocycles. The van der Waals surface area contributed by atoms with Crippen molar-refractivity contribution in [3.8, 4) is 0 Å². The number of anilines is 1. The third kappa shape index (κ3) is 1.95. The van der Waals surface area contributed by atoms with Gasteiger partial charge in [0.1, 0.15) is 0 Å². The summed E-state index contributed by atoms with van der Waals surface area (Å²) in [6.07, 6.45) is 0.966. The van der Waals surface area contributed by atoms with Gasteiger partial charge < -0.3 is 10.2 Å². The van der Waals surface area contributed by atoms with Gasteiger partial charge in [0, 0.05) is 11.7 Å². The van der Waals surface area contributed by atoms with Gasteiger partial charge in [0.15, 0.2) is 0 Å². The number of carbonyl (C=O) groups excluding carboxylic acids is 1. The Kier molecular flexibility index (Phi) is 3.25. The highest BCUT2D eigenvalue weighted by Crippen LogP contribution is 2.31. The topological polar surface area (TPSA) is 32.3 Å². The zero-order valence-corrected chi connectivity index (χ0v) is 9.86. The Bertz CT molecular complexity index is 389. The van der Waals surface area contributed by atoms with Crippen molar-refractivity contribution >= 4 is 11.6 Å². The molecule has 0 aliphatic carbocycles. The van der Waals surface area contributed by atoms with E-state index in [-0.39, 0.29) is 11.9 Å². The summed E-state index contributed by atoms with van der Waals surface area (Å²) in [5, 5.41) is 3.09. The molecule has 0 saturated carbocycles. The van der Waals surface area contributed by atoms with Gasteiger partial charge in [-0.25, -0.2) is 0 Å². The summed E-state index contributed by atoms with van der Waals surface area (Å²) in [6.45, 7) is 5.36. The van der Waals surface area contributed by atoms with Crippen molar-refractivity contribution in [3.63, 3.8) is 0 Å². The van der Waals surface area contributed by atoms with Crippen LogP contribution in [-0.2, 0) is 11.2 Å². The number of nitrogens with one attached hydrogen (secondary N) is 1. The van der Waals surface area contributed by atoms with E-state index < -0.39 is 0 Å². The van der Waals surface area contributed by atoms with Gasteiger partial charge in [-0.2, -0.15) is 0 Å². The average Bonchev–Trinajstić information content (AvgIpc) is 2.62. The van der Waals surface area contributed by atoms with Gasteiger partial charge in [0.05, 0.1) is 6.54 Å². The molecule has 3 nitrogen and oxygen atoms in total. The van der Waals surface area contributed by atoms with E-state index >= 15 is 0 Å². The van der Waals surface area contributed by atoms with Crippen LogP contribution in [0, 0.1) is 0 Å². The van der Waals surface area contributed by atoms with E-state index in [1.54, 1.807) is 0 Å². The monoisotopic (exact) mass is 218 g/mol. The maximum Gasteiger partial charge on any atom is 0.241 e. The second-order valence-corrected chi connectivity index (χ2v) is 4.23. The van der Waals surface area contributed by atoms with Crippen LogP contribution >= 0.6 is 0 Å². The first-order valence-corrected chi connectivity index (χ1v) is 5.84. The number of para-hydroxylation sites is 1. The number of fused-ring (bicyclic) bond motifs is 1. The van der Waals surface area contributed by atoms with Gasteiger partial charge in [-0.15, -0.1) is 0 Å². The lowest BCUT2D eigenvalue weighted by Crippen LogP contribution is -2.41. The van der Waals surface area contributed by atoms with Crippen molar-refractivity contribution in [1.29, 1.82) is 0 Å². The highest BCUT2D eigenvalue weighted by atomic mass is 16.2. The molecule has 1 aromatic carbocycles. The zero-order chi connectivity index (χ0) is 11.5. The van der Waals surface area contributed by atoms with E-state index in [1.807, 2.05) is 30.0 Å². The molecule has 1 N–H and O–H groups in total. The van der Waals surface area contributed by atoms with Crippen LogP contribution in [-0.4, -0.2) is 25.0 Å². The molecule has 2 rings (SSSR count). The van der Waals surface area contributed by atoms with E-state index in [1.165, 1.54) is 5.56 Å². The number of amides is 1. The minimum atomic E-state index is 0.166. The summed E-state index contributed by atoms with van der Waals surface area (Å²) < 4.78 is 0. The molecule has 86 valence electrons. The number of nitrogens with zero attached hydrogens (tertiary/aromatic N) is 1. The maximum absolute atomic E-state index is 12.0. The van der Waals surface area contributed by atoms with Gasteiger partial charge in [0.2, 0.25) is 5.91 Å². The lowest BCUT2D eigenvalue weighted by atomic mass is 10.1. The van der Waals surface area contributed by atoms with Crippen molar-refractivity contribution in [2.75, 3.05) is 18.0 Å². The second kappa shape index (κ2) is 4.66. The van der Waals surface area contributed by atoms with Crippen LogP contribution in [0.15, 0.2) is 24.3 Å². The lowest BCUT2D eigenvalue weighted by Gasteiger charge is -2.22. The molecule has 1 aliphatic heterocycles. The fourth-order valence-corrected chi connectivity index (χ4v) is 2.26. The number of likely N-dealkylation sites (N-methyl/N-ethyl adjacent to an activating group) is 1. The Balaban J connectivity index is 2.18. The summed E-state index contributed by atoms with van der Waals surface area (Å²) in [5.41, 5.74) is 2.36. The Morgan fingerprint density at radius 3 is 3.00 bits per heavy atom. The summed E-state index contributed by atoms with van der Waals surface area (Å²) in [7, 11) is 0. The normalized spacial score (nSPS) is 18.6. The van der Waals surface area contributed by atoms with E-state index in [0.29, 0.717) is 6.54 Å². The van der Waals surface area contributed by atoms with E-state index in [2.05, 4.69) is 18.3 Å². The molecule has 1 heterocycles. The van der Waals surface area contributed by atoms with Crippen LogP contribution in [0.5, 0.6) is 0 Å². The van der Waals surface area contributed by atoms with E-state index in [9.17, 15) is 4.79 Å². The summed E-state index contributed by atoms with van der Waals surface area (Å²) in [6, 6.07) is 8.44. The van der Waals surface area contributed by atoms with E-state index in [0.717, 1.165) is 18.7 Å². The Morgan fingerprint density at radius 1 is 1.50 bits per heavy atom. The zero-order valence-electron chi connectivity index (χ0n) is 9.86. The summed E-state index contributed by atoms with van der Waals surface area (Å²) in [4.78, 5) is 14.0. The molecule has 0 bridgehead atoms. The molecule has 1 atom stereocenters. The number of hydrogen-bond donors (Lipinski definition) is 1. The fourth-order valence-electron chi connectivity index (χ4n) is 2.26. The first-order chi connectivity index (χ1) is 7.74. The molecular weight excluding hydrogens is 200 g/mol. The number of carbonyl (C=O) groups is 1. The molecule has 0 radical (unpaired) electrons. The molecule has 16 heavy (non-hydrogen) atoms. The van der Waals surface area contributed by atoms with Crippen LogP contribution < -0.4 is 10.2 Å². The molecule has 3 heteroatoms. The third-order valence-electron chi connectivity index (χ3n) is 3.00. The Labute approximate surface area is 96.5 Å². The molecule has 1 amide bonds. The minimum Gasteiger partial charge on any atom is -0.309 e. The predicted molar refractivity (Wildman–Crippen MR) is 65.6 cm³/mol. The van der Waals surface area contributed by atoms with Crippen LogP contribution in [0.4, 0.5) is 5.69 Å². The van der Waals surface area contributed by atoms with Crippen LogP contribution in [0.2, 0.25) is 0 Å². The highest BCUT2D eigenvalue weighted by molar-refractivity contribution is 5.97. The molecule has 1 aromatic rings. The van der Waals surface area contributed by atoms with Crippen molar-refractivity contribution in [2.45, 2.75) is 26.3 Å². The maximum atomic E-state index is 12.0. The fraction of sp³-hybridized carbons (Fsp3) is 0.462. The number of rotatable bonds is 3. The highest BCUT2D eigenvalue weighted by Gasteiger charge is 2.29. The van der Waals surface area contributed by atoms with Gasteiger partial charge in [-0.05, 0) is 31.5 Å². The Morgan fingerprint density at radius 2 is 2.25 bits per heavy atom. The first-order valence-electron chi connectivity index (χ1n) is 5.84. The predicted octanol–water partition coefficient (Wildman–Crippen LogP) is 1.57. The summed E-state index contributed by atoms with van der Waals surface area (Å²) in [5.74, 6) is 0.166. The smallest absolute Gasteiger partial charge is 0.241 e. The van der Waals surface area contributed by atoms with Gasteiger partial charge in [-0.3, -0.25) is 4.79 Å². The average molecular weight is 218 g/mol. The molecule has 0 aromatic heterocycles. The van der Waals surface area contributed by atoms with Crippen LogP contribution in [0.3, 0.4) is 0 Å².